The largest absolute Gasteiger partial charge is 0.472 e. The summed E-state index contributed by atoms with van der Waals surface area (Å²) in [5.41, 5.74) is 2.00. The van der Waals surface area contributed by atoms with Gasteiger partial charge < -0.3 is 9.73 Å². The van der Waals surface area contributed by atoms with Crippen molar-refractivity contribution >= 4 is 23.2 Å². The molecule has 1 N–H and O–H groups in total. The highest BCUT2D eigenvalue weighted by Gasteiger charge is 2.17. The van der Waals surface area contributed by atoms with Crippen LogP contribution in [0.2, 0.25) is 10.0 Å². The van der Waals surface area contributed by atoms with E-state index < -0.39 is 0 Å². The maximum atomic E-state index is 6.21. The van der Waals surface area contributed by atoms with E-state index in [4.69, 9.17) is 27.6 Å². The minimum Gasteiger partial charge on any atom is -0.472 e. The van der Waals surface area contributed by atoms with Gasteiger partial charge in [-0.15, -0.1) is 0 Å². The number of rotatable bonds is 4. The van der Waals surface area contributed by atoms with Crippen molar-refractivity contribution in [3.8, 4) is 0 Å². The number of hydrogen-bond donors (Lipinski definition) is 1. The van der Waals surface area contributed by atoms with E-state index in [-0.39, 0.29) is 6.04 Å². The summed E-state index contributed by atoms with van der Waals surface area (Å²) in [6, 6.07) is 7.40. The SMILES string of the molecule is CCNC(c1ccoc1)c1cc(Cl)ccc1Cl. The van der Waals surface area contributed by atoms with Gasteiger partial charge in [-0.25, -0.2) is 0 Å². The first-order valence-corrected chi connectivity index (χ1v) is 6.18. The molecule has 2 aromatic rings. The molecule has 0 saturated carbocycles. The van der Waals surface area contributed by atoms with E-state index in [0.717, 1.165) is 17.7 Å². The van der Waals surface area contributed by atoms with Gasteiger partial charge in [-0.05, 0) is 36.4 Å². The molecule has 0 fully saturated rings. The third kappa shape index (κ3) is 2.83. The molecule has 1 unspecified atom stereocenters. The van der Waals surface area contributed by atoms with Gasteiger partial charge in [0.2, 0.25) is 0 Å². The quantitative estimate of drug-likeness (QED) is 0.896. The van der Waals surface area contributed by atoms with E-state index in [1.165, 1.54) is 0 Å². The average molecular weight is 270 g/mol. The van der Waals surface area contributed by atoms with Crippen molar-refractivity contribution in [1.29, 1.82) is 0 Å². The Morgan fingerprint density at radius 3 is 2.76 bits per heavy atom. The lowest BCUT2D eigenvalue weighted by molar-refractivity contribution is 0.553. The van der Waals surface area contributed by atoms with Crippen LogP contribution >= 0.6 is 23.2 Å². The van der Waals surface area contributed by atoms with Crippen LogP contribution in [0.25, 0.3) is 0 Å². The molecule has 0 aliphatic heterocycles. The van der Waals surface area contributed by atoms with Gasteiger partial charge >= 0.3 is 0 Å². The third-order valence-corrected chi connectivity index (χ3v) is 3.13. The molecule has 2 rings (SSSR count). The van der Waals surface area contributed by atoms with E-state index in [1.54, 1.807) is 18.6 Å². The zero-order valence-corrected chi connectivity index (χ0v) is 10.9. The van der Waals surface area contributed by atoms with E-state index >= 15 is 0 Å². The van der Waals surface area contributed by atoms with Crippen LogP contribution in [0.1, 0.15) is 24.1 Å². The van der Waals surface area contributed by atoms with Crippen LogP contribution in [0.4, 0.5) is 0 Å². The molecule has 4 heteroatoms. The highest BCUT2D eigenvalue weighted by atomic mass is 35.5. The second-order valence-corrected chi connectivity index (χ2v) is 4.56. The Labute approximate surface area is 111 Å². The van der Waals surface area contributed by atoms with E-state index in [0.29, 0.717) is 10.0 Å². The van der Waals surface area contributed by atoms with Gasteiger partial charge in [-0.3, -0.25) is 0 Å². The van der Waals surface area contributed by atoms with Crippen molar-refractivity contribution in [2.75, 3.05) is 6.54 Å². The molecular weight excluding hydrogens is 257 g/mol. The summed E-state index contributed by atoms with van der Waals surface area (Å²) in [6.45, 7) is 2.88. The normalized spacial score (nSPS) is 12.6. The number of halogens is 2. The topological polar surface area (TPSA) is 25.2 Å². The predicted molar refractivity (Wildman–Crippen MR) is 70.7 cm³/mol. The molecule has 1 aromatic carbocycles. The van der Waals surface area contributed by atoms with Crippen molar-refractivity contribution in [3.05, 3.63) is 58.0 Å². The standard InChI is InChI=1S/C13H13Cl2NO/c1-2-16-13(9-5-6-17-8-9)11-7-10(14)3-4-12(11)15/h3-8,13,16H,2H2,1H3. The van der Waals surface area contributed by atoms with Crippen molar-refractivity contribution < 1.29 is 4.42 Å². The van der Waals surface area contributed by atoms with Gasteiger partial charge in [0, 0.05) is 15.6 Å². The lowest BCUT2D eigenvalue weighted by Crippen LogP contribution is -2.21. The Morgan fingerprint density at radius 1 is 1.29 bits per heavy atom. The fraction of sp³-hybridized carbons (Fsp3) is 0.231. The molecular formula is C13H13Cl2NO. The first kappa shape index (κ1) is 12.5. The Balaban J connectivity index is 2.42. The first-order valence-electron chi connectivity index (χ1n) is 5.42. The van der Waals surface area contributed by atoms with Gasteiger partial charge in [-0.2, -0.15) is 0 Å². The third-order valence-electron chi connectivity index (χ3n) is 2.55. The van der Waals surface area contributed by atoms with Crippen LogP contribution in [0, 0.1) is 0 Å². The van der Waals surface area contributed by atoms with E-state index in [9.17, 15) is 0 Å². The molecule has 0 bridgehead atoms. The van der Waals surface area contributed by atoms with Crippen LogP contribution < -0.4 is 5.32 Å². The summed E-state index contributed by atoms with van der Waals surface area (Å²) < 4.78 is 5.12. The Morgan fingerprint density at radius 2 is 2.12 bits per heavy atom. The highest BCUT2D eigenvalue weighted by molar-refractivity contribution is 6.33. The molecule has 1 aromatic heterocycles. The fourth-order valence-electron chi connectivity index (χ4n) is 1.79. The smallest absolute Gasteiger partial charge is 0.0953 e. The molecule has 0 spiro atoms. The Bertz CT molecular complexity index is 482. The highest BCUT2D eigenvalue weighted by Crippen LogP contribution is 2.30. The molecule has 2 nitrogen and oxygen atoms in total. The van der Waals surface area contributed by atoms with Gasteiger partial charge in [0.15, 0.2) is 0 Å². The minimum absolute atomic E-state index is 0.00458. The molecule has 1 heterocycles. The Hall–Kier alpha value is -0.960. The van der Waals surface area contributed by atoms with Crippen LogP contribution in [-0.4, -0.2) is 6.54 Å². The lowest BCUT2D eigenvalue weighted by atomic mass is 10.0. The summed E-state index contributed by atoms with van der Waals surface area (Å²) in [5, 5.41) is 4.74. The fourth-order valence-corrected chi connectivity index (χ4v) is 2.19. The first-order chi connectivity index (χ1) is 8.22. The van der Waals surface area contributed by atoms with E-state index in [2.05, 4.69) is 5.32 Å². The maximum absolute atomic E-state index is 6.21. The Kier molecular flexibility index (Phi) is 4.11. The summed E-state index contributed by atoms with van der Waals surface area (Å²) in [6.07, 6.45) is 3.36. The monoisotopic (exact) mass is 269 g/mol. The van der Waals surface area contributed by atoms with Gasteiger partial charge in [0.05, 0.1) is 18.6 Å². The van der Waals surface area contributed by atoms with Crippen molar-refractivity contribution in [1.82, 2.24) is 5.32 Å². The summed E-state index contributed by atoms with van der Waals surface area (Å²) in [4.78, 5) is 0. The van der Waals surface area contributed by atoms with Crippen molar-refractivity contribution in [2.24, 2.45) is 0 Å². The van der Waals surface area contributed by atoms with Crippen LogP contribution in [0.5, 0.6) is 0 Å². The molecule has 0 amide bonds. The predicted octanol–water partition coefficient (Wildman–Crippen LogP) is 4.29. The van der Waals surface area contributed by atoms with Crippen molar-refractivity contribution in [3.63, 3.8) is 0 Å². The summed E-state index contributed by atoms with van der Waals surface area (Å²) in [7, 11) is 0. The summed E-state index contributed by atoms with van der Waals surface area (Å²) >= 11 is 12.2. The molecule has 0 aliphatic rings. The van der Waals surface area contributed by atoms with Crippen LogP contribution in [0.15, 0.2) is 41.2 Å². The number of furan rings is 1. The zero-order valence-electron chi connectivity index (χ0n) is 9.41. The molecule has 0 aliphatic carbocycles. The number of nitrogens with one attached hydrogen (secondary N) is 1. The molecule has 17 heavy (non-hydrogen) atoms. The zero-order chi connectivity index (χ0) is 12.3. The minimum atomic E-state index is 0.00458. The van der Waals surface area contributed by atoms with Crippen LogP contribution in [0.3, 0.4) is 0 Å². The molecule has 1 atom stereocenters. The molecule has 90 valence electrons. The van der Waals surface area contributed by atoms with Crippen LogP contribution in [-0.2, 0) is 0 Å². The average Bonchev–Trinajstić information content (AvgIpc) is 2.83. The number of hydrogen-bond acceptors (Lipinski definition) is 2. The number of benzene rings is 1. The lowest BCUT2D eigenvalue weighted by Gasteiger charge is -2.18. The maximum Gasteiger partial charge on any atom is 0.0953 e. The molecule has 0 saturated heterocycles. The van der Waals surface area contributed by atoms with Gasteiger partial charge in [0.25, 0.3) is 0 Å². The second-order valence-electron chi connectivity index (χ2n) is 3.71. The van der Waals surface area contributed by atoms with Gasteiger partial charge in [-0.1, -0.05) is 30.1 Å². The van der Waals surface area contributed by atoms with Crippen molar-refractivity contribution in [2.45, 2.75) is 13.0 Å². The summed E-state index contributed by atoms with van der Waals surface area (Å²) in [5.74, 6) is 0. The second kappa shape index (κ2) is 5.58. The van der Waals surface area contributed by atoms with Gasteiger partial charge in [0.1, 0.15) is 0 Å². The van der Waals surface area contributed by atoms with E-state index in [1.807, 2.05) is 25.1 Å². The molecule has 0 radical (unpaired) electrons.